The van der Waals surface area contributed by atoms with Gasteiger partial charge in [0.25, 0.3) is 0 Å². The van der Waals surface area contributed by atoms with Crippen molar-refractivity contribution in [3.8, 4) is 0 Å². The average Bonchev–Trinajstić information content (AvgIpc) is 2.56. The number of nitrogens with one attached hydrogen (secondary N) is 3. The van der Waals surface area contributed by atoms with E-state index in [2.05, 4.69) is 10.6 Å². The first-order chi connectivity index (χ1) is 13.4. The molecule has 1 aromatic carbocycles. The number of anilines is 1. The van der Waals surface area contributed by atoms with Crippen LogP contribution in [0, 0.1) is 0 Å². The molecule has 0 heterocycles. The van der Waals surface area contributed by atoms with E-state index in [0.29, 0.717) is 18.8 Å². The summed E-state index contributed by atoms with van der Waals surface area (Å²) in [4.78, 5) is 24.6. The molecule has 10 nitrogen and oxygen atoms in total. The van der Waals surface area contributed by atoms with Gasteiger partial charge in [0.05, 0.1) is 12.3 Å². The highest BCUT2D eigenvalue weighted by molar-refractivity contribution is 7.87. The van der Waals surface area contributed by atoms with E-state index in [1.807, 2.05) is 11.6 Å². The fourth-order valence-electron chi connectivity index (χ4n) is 2.27. The van der Waals surface area contributed by atoms with Gasteiger partial charge in [0, 0.05) is 19.6 Å². The van der Waals surface area contributed by atoms with Crippen molar-refractivity contribution >= 4 is 28.0 Å². The van der Waals surface area contributed by atoms with E-state index in [1.165, 1.54) is 12.1 Å². The number of benzene rings is 1. The maximum absolute atomic E-state index is 12.5. The predicted octanol–water partition coefficient (Wildman–Crippen LogP) is 1.49. The summed E-state index contributed by atoms with van der Waals surface area (Å²) in [6.45, 7) is 8.14. The van der Waals surface area contributed by atoms with E-state index < -0.39 is 33.9 Å². The minimum atomic E-state index is -4.37. The minimum absolute atomic E-state index is 0.145. The second-order valence-corrected chi connectivity index (χ2v) is 8.32. The van der Waals surface area contributed by atoms with E-state index in [0.717, 1.165) is 0 Å². The van der Waals surface area contributed by atoms with Crippen LogP contribution in [-0.4, -0.2) is 56.4 Å². The highest BCUT2D eigenvalue weighted by Crippen LogP contribution is 2.13. The number of hydrogen-bond acceptors (Lipinski definition) is 6. The molecule has 2 amide bonds. The first-order valence-electron chi connectivity index (χ1n) is 9.09. The second-order valence-electron chi connectivity index (χ2n) is 7.16. The highest BCUT2D eigenvalue weighted by Gasteiger charge is 2.24. The molecule has 1 rings (SSSR count). The zero-order chi connectivity index (χ0) is 22.1. The molecule has 0 radical (unpaired) electrons. The third kappa shape index (κ3) is 11.3. The maximum atomic E-state index is 12.5. The summed E-state index contributed by atoms with van der Waals surface area (Å²) in [6.07, 6.45) is -0.585. The molecular weight excluding hydrogens is 402 g/mol. The number of rotatable bonds is 10. The van der Waals surface area contributed by atoms with E-state index in [-0.39, 0.29) is 18.7 Å². The molecule has 0 aliphatic carbocycles. The Labute approximate surface area is 171 Å². The maximum Gasteiger partial charge on any atom is 0.408 e. The van der Waals surface area contributed by atoms with Crippen LogP contribution < -0.4 is 15.4 Å². The molecule has 4 N–H and O–H groups in total. The van der Waals surface area contributed by atoms with Crippen molar-refractivity contribution in [2.45, 2.75) is 45.8 Å². The van der Waals surface area contributed by atoms with Gasteiger partial charge in [0.1, 0.15) is 11.6 Å². The van der Waals surface area contributed by atoms with Crippen molar-refractivity contribution < 1.29 is 32.0 Å². The fraction of sp³-hybridized carbons (Fsp3) is 0.556. The van der Waals surface area contributed by atoms with Gasteiger partial charge in [-0.1, -0.05) is 12.1 Å². The summed E-state index contributed by atoms with van der Waals surface area (Å²) in [6, 6.07) is 5.10. The molecule has 0 aliphatic rings. The van der Waals surface area contributed by atoms with Gasteiger partial charge in [-0.3, -0.25) is 14.1 Å². The van der Waals surface area contributed by atoms with Crippen LogP contribution >= 0.6 is 0 Å². The van der Waals surface area contributed by atoms with Crippen LogP contribution in [0.4, 0.5) is 10.5 Å². The first kappa shape index (κ1) is 24.7. The van der Waals surface area contributed by atoms with Crippen molar-refractivity contribution in [1.82, 2.24) is 10.6 Å². The van der Waals surface area contributed by atoms with Crippen LogP contribution in [0.15, 0.2) is 24.3 Å². The Bertz CT molecular complexity index is 774. The van der Waals surface area contributed by atoms with Gasteiger partial charge in [-0.25, -0.2) is 4.79 Å². The Hall–Kier alpha value is -2.37. The van der Waals surface area contributed by atoms with E-state index in [9.17, 15) is 18.0 Å². The van der Waals surface area contributed by atoms with Crippen LogP contribution in [0.2, 0.25) is 0 Å². The molecule has 11 heteroatoms. The number of hydrogen-bond donors (Lipinski definition) is 4. The SMILES string of the molecule is CCOCCNC(=O)C(Cc1ccc(NS(=O)(=O)O)cc1)NC(=O)OC(C)(C)C. The minimum Gasteiger partial charge on any atom is -0.444 e. The zero-order valence-electron chi connectivity index (χ0n) is 17.0. The number of carbonyl (C=O) groups excluding carboxylic acids is 2. The van der Waals surface area contributed by atoms with E-state index >= 15 is 0 Å². The van der Waals surface area contributed by atoms with Gasteiger partial charge in [0.15, 0.2) is 0 Å². The molecular formula is C18H29N3O7S. The van der Waals surface area contributed by atoms with Crippen LogP contribution in [0.5, 0.6) is 0 Å². The van der Waals surface area contributed by atoms with Crippen molar-refractivity contribution in [3.63, 3.8) is 0 Å². The van der Waals surface area contributed by atoms with Gasteiger partial charge in [-0.05, 0) is 45.4 Å². The molecule has 1 unspecified atom stereocenters. The monoisotopic (exact) mass is 431 g/mol. The van der Waals surface area contributed by atoms with Crippen molar-refractivity contribution in [2.75, 3.05) is 24.5 Å². The number of ether oxygens (including phenoxy) is 2. The third-order valence-corrected chi connectivity index (χ3v) is 3.89. The lowest BCUT2D eigenvalue weighted by Crippen LogP contribution is -2.49. The highest BCUT2D eigenvalue weighted by atomic mass is 32.2. The lowest BCUT2D eigenvalue weighted by Gasteiger charge is -2.23. The van der Waals surface area contributed by atoms with Crippen LogP contribution in [0.1, 0.15) is 33.3 Å². The van der Waals surface area contributed by atoms with Gasteiger partial charge in [-0.15, -0.1) is 0 Å². The third-order valence-electron chi connectivity index (χ3n) is 3.40. The molecule has 0 saturated carbocycles. The molecule has 164 valence electrons. The molecule has 29 heavy (non-hydrogen) atoms. The summed E-state index contributed by atoms with van der Waals surface area (Å²) in [5.41, 5.74) is 0.101. The Balaban J connectivity index is 2.83. The van der Waals surface area contributed by atoms with Gasteiger partial charge < -0.3 is 20.1 Å². The smallest absolute Gasteiger partial charge is 0.408 e. The fourth-order valence-corrected chi connectivity index (χ4v) is 2.70. The molecule has 1 aromatic rings. The molecule has 0 saturated heterocycles. The van der Waals surface area contributed by atoms with Crippen LogP contribution in [0.3, 0.4) is 0 Å². The standard InChI is InChI=1S/C18H29N3O7S/c1-5-27-11-10-19-16(22)15(20-17(23)28-18(2,3)4)12-13-6-8-14(9-7-13)21-29(24,25)26/h6-9,15,21H,5,10-12H2,1-4H3,(H,19,22)(H,20,23)(H,24,25,26). The predicted molar refractivity (Wildman–Crippen MR) is 108 cm³/mol. The Morgan fingerprint density at radius 1 is 1.17 bits per heavy atom. The Kier molecular flexibility index (Phi) is 9.34. The van der Waals surface area contributed by atoms with E-state index in [1.54, 1.807) is 32.9 Å². The van der Waals surface area contributed by atoms with Crippen molar-refractivity contribution in [3.05, 3.63) is 29.8 Å². The van der Waals surface area contributed by atoms with Gasteiger partial charge in [-0.2, -0.15) is 8.42 Å². The lowest BCUT2D eigenvalue weighted by molar-refractivity contribution is -0.123. The summed E-state index contributed by atoms with van der Waals surface area (Å²) in [7, 11) is -4.37. The lowest BCUT2D eigenvalue weighted by atomic mass is 10.0. The molecule has 0 aliphatic heterocycles. The largest absolute Gasteiger partial charge is 0.444 e. The molecule has 0 fully saturated rings. The Morgan fingerprint density at radius 2 is 1.79 bits per heavy atom. The van der Waals surface area contributed by atoms with Crippen molar-refractivity contribution in [2.24, 2.45) is 0 Å². The summed E-state index contributed by atoms with van der Waals surface area (Å²) in [5.74, 6) is -0.407. The van der Waals surface area contributed by atoms with Crippen LogP contribution in [0.25, 0.3) is 0 Å². The first-order valence-corrected chi connectivity index (χ1v) is 10.5. The zero-order valence-corrected chi connectivity index (χ0v) is 17.8. The second kappa shape index (κ2) is 11.0. The van der Waals surface area contributed by atoms with Gasteiger partial charge >= 0.3 is 16.4 Å². The molecule has 0 bridgehead atoms. The number of alkyl carbamates (subject to hydrolysis) is 1. The van der Waals surface area contributed by atoms with Crippen molar-refractivity contribution in [1.29, 1.82) is 0 Å². The summed E-state index contributed by atoms with van der Waals surface area (Å²) >= 11 is 0. The molecule has 0 spiro atoms. The van der Waals surface area contributed by atoms with Gasteiger partial charge in [0.2, 0.25) is 5.91 Å². The average molecular weight is 432 g/mol. The van der Waals surface area contributed by atoms with E-state index in [4.69, 9.17) is 14.0 Å². The number of carbonyl (C=O) groups is 2. The Morgan fingerprint density at radius 3 is 2.31 bits per heavy atom. The quantitative estimate of drug-likeness (QED) is 0.325. The normalized spacial score (nSPS) is 12.7. The molecule has 0 aromatic heterocycles. The van der Waals surface area contributed by atoms with Crippen LogP contribution in [-0.2, 0) is 31.0 Å². The summed E-state index contributed by atoms with van der Waals surface area (Å²) < 4.78 is 42.8. The molecule has 1 atom stereocenters. The topological polar surface area (TPSA) is 143 Å². The number of amides is 2. The summed E-state index contributed by atoms with van der Waals surface area (Å²) in [5, 5.41) is 5.24.